The molecule has 182 valence electrons. The third-order valence-electron chi connectivity index (χ3n) is 6.11. The molecule has 5 rings (SSSR count). The molecule has 1 aliphatic heterocycles. The number of rotatable bonds is 6. The summed E-state index contributed by atoms with van der Waals surface area (Å²) in [5.74, 6) is 0.310. The van der Waals surface area contributed by atoms with Gasteiger partial charge in [0.2, 0.25) is 10.0 Å². The number of aromatic amines is 1. The predicted molar refractivity (Wildman–Crippen MR) is 125 cm³/mol. The van der Waals surface area contributed by atoms with Gasteiger partial charge in [0, 0.05) is 19.0 Å². The third kappa shape index (κ3) is 4.54. The Morgan fingerprint density at radius 3 is 2.60 bits per heavy atom. The fourth-order valence-electron chi connectivity index (χ4n) is 4.23. The Kier molecular flexibility index (Phi) is 6.07. The molecule has 35 heavy (non-hydrogen) atoms. The number of H-pyrrole nitrogens is 1. The van der Waals surface area contributed by atoms with Gasteiger partial charge in [-0.1, -0.05) is 17.3 Å². The highest BCUT2D eigenvalue weighted by Gasteiger charge is 2.32. The van der Waals surface area contributed by atoms with Gasteiger partial charge < -0.3 is 9.72 Å². The van der Waals surface area contributed by atoms with Gasteiger partial charge in [-0.05, 0) is 54.8 Å². The van der Waals surface area contributed by atoms with Crippen LogP contribution in [0.5, 0.6) is 5.75 Å². The molecule has 1 saturated heterocycles. The zero-order valence-electron chi connectivity index (χ0n) is 18.9. The molecule has 1 atom stereocenters. The van der Waals surface area contributed by atoms with E-state index >= 15 is 0 Å². The lowest BCUT2D eigenvalue weighted by molar-refractivity contribution is 0.309. The van der Waals surface area contributed by atoms with Crippen molar-refractivity contribution in [1.82, 2.24) is 29.3 Å². The van der Waals surface area contributed by atoms with Crippen molar-refractivity contribution in [3.05, 3.63) is 76.1 Å². The van der Waals surface area contributed by atoms with Crippen LogP contribution in [0.25, 0.3) is 11.2 Å². The summed E-state index contributed by atoms with van der Waals surface area (Å²) >= 11 is 0. The Morgan fingerprint density at radius 2 is 1.89 bits per heavy atom. The molecule has 0 spiro atoms. The van der Waals surface area contributed by atoms with E-state index in [0.717, 1.165) is 5.56 Å². The minimum Gasteiger partial charge on any atom is -0.497 e. The largest absolute Gasteiger partial charge is 0.497 e. The Labute approximate surface area is 200 Å². The molecule has 3 heterocycles. The van der Waals surface area contributed by atoms with Crippen LogP contribution in [0.3, 0.4) is 0 Å². The molecular formula is C23H23FN6O4S. The molecule has 0 bridgehead atoms. The number of sulfonamides is 1. The van der Waals surface area contributed by atoms with E-state index < -0.39 is 15.6 Å². The first kappa shape index (κ1) is 23.1. The van der Waals surface area contributed by atoms with Crippen LogP contribution in [0, 0.1) is 5.82 Å². The maximum absolute atomic E-state index is 13.2. The molecule has 0 radical (unpaired) electrons. The van der Waals surface area contributed by atoms with E-state index in [-0.39, 0.29) is 35.2 Å². The predicted octanol–water partition coefficient (Wildman–Crippen LogP) is 2.28. The average molecular weight is 499 g/mol. The first-order chi connectivity index (χ1) is 16.8. The number of ether oxygens (including phenoxy) is 1. The first-order valence-electron chi connectivity index (χ1n) is 11.1. The van der Waals surface area contributed by atoms with E-state index in [2.05, 4.69) is 20.3 Å². The molecular weight excluding hydrogens is 475 g/mol. The van der Waals surface area contributed by atoms with Crippen LogP contribution in [0.1, 0.15) is 30.1 Å². The monoisotopic (exact) mass is 498 g/mol. The zero-order valence-corrected chi connectivity index (χ0v) is 19.7. The van der Waals surface area contributed by atoms with Crippen molar-refractivity contribution in [2.75, 3.05) is 20.2 Å². The quantitative estimate of drug-likeness (QED) is 0.433. The van der Waals surface area contributed by atoms with Crippen LogP contribution in [0.15, 0.2) is 58.2 Å². The van der Waals surface area contributed by atoms with Crippen LogP contribution in [-0.2, 0) is 16.6 Å². The summed E-state index contributed by atoms with van der Waals surface area (Å²) in [5.41, 5.74) is 0.722. The van der Waals surface area contributed by atoms with E-state index in [1.807, 2.05) is 0 Å². The van der Waals surface area contributed by atoms with E-state index in [0.29, 0.717) is 36.6 Å². The number of methoxy groups -OCH3 is 1. The maximum Gasteiger partial charge on any atom is 0.281 e. The van der Waals surface area contributed by atoms with Crippen LogP contribution >= 0.6 is 0 Å². The molecule has 1 N–H and O–H groups in total. The molecule has 2 aromatic heterocycles. The van der Waals surface area contributed by atoms with Crippen molar-refractivity contribution in [3.63, 3.8) is 0 Å². The van der Waals surface area contributed by atoms with Crippen molar-refractivity contribution in [3.8, 4) is 5.75 Å². The molecule has 0 aliphatic carbocycles. The number of hydrogen-bond acceptors (Lipinski definition) is 7. The molecule has 12 heteroatoms. The molecule has 0 unspecified atom stereocenters. The summed E-state index contributed by atoms with van der Waals surface area (Å²) < 4.78 is 47.7. The normalized spacial score (nSPS) is 17.0. The fourth-order valence-corrected chi connectivity index (χ4v) is 5.75. The van der Waals surface area contributed by atoms with Crippen molar-refractivity contribution in [2.24, 2.45) is 0 Å². The van der Waals surface area contributed by atoms with Crippen molar-refractivity contribution in [1.29, 1.82) is 0 Å². The number of piperidine rings is 1. The highest BCUT2D eigenvalue weighted by molar-refractivity contribution is 7.89. The van der Waals surface area contributed by atoms with E-state index in [9.17, 15) is 17.6 Å². The molecule has 2 aromatic carbocycles. The van der Waals surface area contributed by atoms with Crippen LogP contribution in [0.2, 0.25) is 0 Å². The molecule has 0 saturated carbocycles. The van der Waals surface area contributed by atoms with E-state index in [1.54, 1.807) is 24.3 Å². The number of hydrogen-bond donors (Lipinski definition) is 1. The lowest BCUT2D eigenvalue weighted by atomic mass is 9.99. The van der Waals surface area contributed by atoms with Crippen molar-refractivity contribution < 1.29 is 17.5 Å². The summed E-state index contributed by atoms with van der Waals surface area (Å²) in [6.07, 6.45) is 1.29. The molecule has 4 aromatic rings. The third-order valence-corrected chi connectivity index (χ3v) is 7.99. The number of nitrogens with one attached hydrogen (secondary N) is 1. The summed E-state index contributed by atoms with van der Waals surface area (Å²) in [6.45, 7) is 0.818. The maximum atomic E-state index is 13.2. The second-order valence-electron chi connectivity index (χ2n) is 8.37. The van der Waals surface area contributed by atoms with Gasteiger partial charge in [-0.2, -0.15) is 4.31 Å². The first-order valence-corrected chi connectivity index (χ1v) is 12.5. The number of fused-ring (bicyclic) bond motifs is 1. The highest BCUT2D eigenvalue weighted by atomic mass is 32.2. The molecule has 10 nitrogen and oxygen atoms in total. The Hall–Kier alpha value is -3.64. The van der Waals surface area contributed by atoms with Gasteiger partial charge in [0.05, 0.1) is 18.6 Å². The van der Waals surface area contributed by atoms with E-state index in [4.69, 9.17) is 4.74 Å². The average Bonchev–Trinajstić information content (AvgIpc) is 3.28. The van der Waals surface area contributed by atoms with Gasteiger partial charge >= 0.3 is 0 Å². The number of halogens is 1. The van der Waals surface area contributed by atoms with Gasteiger partial charge in [0.25, 0.3) is 5.56 Å². The summed E-state index contributed by atoms with van der Waals surface area (Å²) in [6, 6.07) is 12.2. The van der Waals surface area contributed by atoms with Gasteiger partial charge in [0.15, 0.2) is 11.2 Å². The second-order valence-corrected chi connectivity index (χ2v) is 10.3. The summed E-state index contributed by atoms with van der Waals surface area (Å²) in [4.78, 5) is 20.3. The minimum absolute atomic E-state index is 0.0920. The number of nitrogens with zero attached hydrogens (tertiary/aromatic N) is 5. The van der Waals surface area contributed by atoms with E-state index in [1.165, 1.54) is 40.4 Å². The Balaban J connectivity index is 1.43. The minimum atomic E-state index is -3.72. The van der Waals surface area contributed by atoms with Crippen molar-refractivity contribution in [2.45, 2.75) is 30.2 Å². The SMILES string of the molecule is COc1ccc(S(=O)(=O)N2CCC[C@H](c3nc4c(nnn4Cc4ccc(F)cc4)c(=O)[nH]3)C2)cc1. The Bertz CT molecular complexity index is 1520. The van der Waals surface area contributed by atoms with Gasteiger partial charge in [-0.15, -0.1) is 5.10 Å². The fraction of sp³-hybridized carbons (Fsp3) is 0.304. The molecule has 0 amide bonds. The number of benzene rings is 2. The summed E-state index contributed by atoms with van der Waals surface area (Å²) in [7, 11) is -2.21. The van der Waals surface area contributed by atoms with Crippen molar-refractivity contribution >= 4 is 21.2 Å². The van der Waals surface area contributed by atoms with Gasteiger partial charge in [-0.3, -0.25) is 4.79 Å². The van der Waals surface area contributed by atoms with Crippen LogP contribution < -0.4 is 10.3 Å². The lowest BCUT2D eigenvalue weighted by Gasteiger charge is -2.31. The second kappa shape index (κ2) is 9.19. The van der Waals surface area contributed by atoms with Gasteiger partial charge in [-0.25, -0.2) is 22.5 Å². The molecule has 1 fully saturated rings. The summed E-state index contributed by atoms with van der Waals surface area (Å²) in [5, 5.41) is 7.98. The zero-order chi connectivity index (χ0) is 24.6. The molecule has 1 aliphatic rings. The standard InChI is InChI=1S/C23H23FN6O4S/c1-34-18-8-10-19(11-9-18)35(32,33)29-12-2-3-16(14-29)21-25-22-20(23(31)26-21)27-28-30(22)13-15-4-6-17(24)7-5-15/h4-11,16H,2-3,12-14H2,1H3,(H,25,26,31)/t16-/m0/s1. The van der Waals surface area contributed by atoms with Crippen LogP contribution in [0.4, 0.5) is 4.39 Å². The topological polar surface area (TPSA) is 123 Å². The Morgan fingerprint density at radius 1 is 1.14 bits per heavy atom. The number of aromatic nitrogens is 5. The highest BCUT2D eigenvalue weighted by Crippen LogP contribution is 2.29. The van der Waals surface area contributed by atoms with Gasteiger partial charge in [0.1, 0.15) is 17.4 Å². The van der Waals surface area contributed by atoms with Crippen LogP contribution in [-0.4, -0.2) is 57.9 Å². The lowest BCUT2D eigenvalue weighted by Crippen LogP contribution is -2.39. The smallest absolute Gasteiger partial charge is 0.281 e.